The van der Waals surface area contributed by atoms with E-state index in [4.69, 9.17) is 10.00 Å². The van der Waals surface area contributed by atoms with Crippen LogP contribution in [0.25, 0.3) is 0 Å². The van der Waals surface area contributed by atoms with Crippen LogP contribution in [-0.4, -0.2) is 7.11 Å². The van der Waals surface area contributed by atoms with E-state index in [0.717, 1.165) is 5.56 Å². The number of ether oxygens (including phenoxy) is 1. The zero-order valence-corrected chi connectivity index (χ0v) is 8.37. The van der Waals surface area contributed by atoms with Gasteiger partial charge in [0.05, 0.1) is 18.2 Å². The summed E-state index contributed by atoms with van der Waals surface area (Å²) in [6.45, 7) is 4.60. The van der Waals surface area contributed by atoms with Crippen LogP contribution in [0.1, 0.15) is 25.0 Å². The highest BCUT2D eigenvalue weighted by molar-refractivity contribution is 5.31. The van der Waals surface area contributed by atoms with Crippen molar-refractivity contribution in [2.45, 2.75) is 20.5 Å². The maximum absolute atomic E-state index is 8.48. The lowest BCUT2D eigenvalue weighted by atomic mass is 10.2. The van der Waals surface area contributed by atoms with E-state index in [0.29, 0.717) is 12.2 Å². The average Bonchev–Trinajstić information content (AvgIpc) is 2.23. The molecule has 0 aliphatic carbocycles. The van der Waals surface area contributed by atoms with E-state index in [2.05, 4.69) is 6.07 Å². The van der Waals surface area contributed by atoms with Crippen LogP contribution >= 0.6 is 0 Å². The molecule has 1 aromatic carbocycles. The van der Waals surface area contributed by atoms with Crippen molar-refractivity contribution in [3.8, 4) is 6.07 Å². The summed E-state index contributed by atoms with van der Waals surface area (Å²) in [5.74, 6) is 0. The van der Waals surface area contributed by atoms with Gasteiger partial charge in [-0.3, -0.25) is 0 Å². The highest BCUT2D eigenvalue weighted by atomic mass is 16.5. The van der Waals surface area contributed by atoms with Gasteiger partial charge in [0.1, 0.15) is 0 Å². The Kier molecular flexibility index (Phi) is 6.58. The predicted molar refractivity (Wildman–Crippen MR) is 53.2 cm³/mol. The molecule has 0 atom stereocenters. The van der Waals surface area contributed by atoms with Crippen LogP contribution in [-0.2, 0) is 11.3 Å². The molecule has 1 aromatic rings. The molecule has 1 rings (SSSR count). The highest BCUT2D eigenvalue weighted by Gasteiger charge is 1.91. The Bertz CT molecular complexity index is 258. The van der Waals surface area contributed by atoms with Crippen molar-refractivity contribution in [2.75, 3.05) is 7.11 Å². The third kappa shape index (κ3) is 4.29. The fourth-order valence-electron chi connectivity index (χ4n) is 0.842. The van der Waals surface area contributed by atoms with E-state index in [1.807, 2.05) is 26.0 Å². The summed E-state index contributed by atoms with van der Waals surface area (Å²) in [6.07, 6.45) is 0. The molecule has 0 bridgehead atoms. The second-order valence-corrected chi connectivity index (χ2v) is 2.24. The molecule has 0 fully saturated rings. The van der Waals surface area contributed by atoms with Crippen LogP contribution in [0.15, 0.2) is 24.3 Å². The average molecular weight is 177 g/mol. The molecule has 0 heterocycles. The van der Waals surface area contributed by atoms with Crippen molar-refractivity contribution in [3.05, 3.63) is 35.4 Å². The number of methoxy groups -OCH3 is 1. The van der Waals surface area contributed by atoms with Gasteiger partial charge in [-0.05, 0) is 17.7 Å². The molecule has 0 saturated carbocycles. The molecule has 0 aromatic heterocycles. The maximum atomic E-state index is 8.48. The van der Waals surface area contributed by atoms with Crippen LogP contribution in [0, 0.1) is 11.3 Å². The molecule has 0 N–H and O–H groups in total. The molecular formula is C11H15NO. The van der Waals surface area contributed by atoms with Gasteiger partial charge in [-0.1, -0.05) is 26.0 Å². The lowest BCUT2D eigenvalue weighted by Gasteiger charge is -1.97. The van der Waals surface area contributed by atoms with Gasteiger partial charge in [0, 0.05) is 7.11 Å². The lowest BCUT2D eigenvalue weighted by Crippen LogP contribution is -1.86. The SMILES string of the molecule is CC.COCc1ccc(C#N)cc1. The van der Waals surface area contributed by atoms with Crippen LogP contribution in [0.4, 0.5) is 0 Å². The summed E-state index contributed by atoms with van der Waals surface area (Å²) in [5, 5.41) is 8.48. The fraction of sp³-hybridized carbons (Fsp3) is 0.364. The highest BCUT2D eigenvalue weighted by Crippen LogP contribution is 2.03. The molecule has 0 saturated heterocycles. The Balaban J connectivity index is 0.000000671. The van der Waals surface area contributed by atoms with Crippen LogP contribution in [0.3, 0.4) is 0 Å². The van der Waals surface area contributed by atoms with Gasteiger partial charge in [0.2, 0.25) is 0 Å². The molecule has 2 nitrogen and oxygen atoms in total. The largest absolute Gasteiger partial charge is 0.380 e. The Morgan fingerprint density at radius 3 is 2.15 bits per heavy atom. The van der Waals surface area contributed by atoms with E-state index in [9.17, 15) is 0 Å². The zero-order valence-electron chi connectivity index (χ0n) is 8.37. The maximum Gasteiger partial charge on any atom is 0.0991 e. The molecular weight excluding hydrogens is 162 g/mol. The predicted octanol–water partition coefficient (Wildman–Crippen LogP) is 2.73. The quantitative estimate of drug-likeness (QED) is 0.695. The molecule has 0 aliphatic heterocycles. The smallest absolute Gasteiger partial charge is 0.0991 e. The van der Waals surface area contributed by atoms with Crippen molar-refractivity contribution in [1.82, 2.24) is 0 Å². The summed E-state index contributed by atoms with van der Waals surface area (Å²) in [6, 6.07) is 9.41. The lowest BCUT2D eigenvalue weighted by molar-refractivity contribution is 0.185. The first kappa shape index (κ1) is 11.7. The number of nitriles is 1. The second kappa shape index (κ2) is 7.33. The molecule has 70 valence electrons. The second-order valence-electron chi connectivity index (χ2n) is 2.24. The topological polar surface area (TPSA) is 33.0 Å². The Hall–Kier alpha value is -1.33. The van der Waals surface area contributed by atoms with Crippen LogP contribution in [0.5, 0.6) is 0 Å². The first-order valence-corrected chi connectivity index (χ1v) is 4.35. The van der Waals surface area contributed by atoms with Gasteiger partial charge in [-0.15, -0.1) is 0 Å². The van der Waals surface area contributed by atoms with Gasteiger partial charge in [-0.2, -0.15) is 5.26 Å². The number of rotatable bonds is 2. The summed E-state index contributed by atoms with van der Waals surface area (Å²) in [5.41, 5.74) is 1.77. The minimum absolute atomic E-state index is 0.603. The Labute approximate surface area is 79.8 Å². The van der Waals surface area contributed by atoms with Crippen molar-refractivity contribution in [1.29, 1.82) is 5.26 Å². The van der Waals surface area contributed by atoms with Gasteiger partial charge in [0.15, 0.2) is 0 Å². The Morgan fingerprint density at radius 2 is 1.77 bits per heavy atom. The molecule has 0 radical (unpaired) electrons. The van der Waals surface area contributed by atoms with Crippen LogP contribution < -0.4 is 0 Å². The molecule has 2 heteroatoms. The monoisotopic (exact) mass is 177 g/mol. The van der Waals surface area contributed by atoms with Gasteiger partial charge in [-0.25, -0.2) is 0 Å². The molecule has 0 spiro atoms. The summed E-state index contributed by atoms with van der Waals surface area (Å²) < 4.78 is 4.92. The summed E-state index contributed by atoms with van der Waals surface area (Å²) in [7, 11) is 1.65. The van der Waals surface area contributed by atoms with Crippen LogP contribution in [0.2, 0.25) is 0 Å². The van der Waals surface area contributed by atoms with Gasteiger partial charge < -0.3 is 4.74 Å². The van der Waals surface area contributed by atoms with E-state index < -0.39 is 0 Å². The Morgan fingerprint density at radius 1 is 1.23 bits per heavy atom. The minimum Gasteiger partial charge on any atom is -0.380 e. The molecule has 13 heavy (non-hydrogen) atoms. The number of benzene rings is 1. The zero-order chi connectivity index (χ0) is 10.1. The van der Waals surface area contributed by atoms with Gasteiger partial charge in [0.25, 0.3) is 0 Å². The first-order chi connectivity index (χ1) is 6.36. The van der Waals surface area contributed by atoms with E-state index in [-0.39, 0.29) is 0 Å². The summed E-state index contributed by atoms with van der Waals surface area (Å²) >= 11 is 0. The minimum atomic E-state index is 0.603. The van der Waals surface area contributed by atoms with E-state index in [1.54, 1.807) is 19.2 Å². The molecule has 0 amide bonds. The van der Waals surface area contributed by atoms with Gasteiger partial charge >= 0.3 is 0 Å². The van der Waals surface area contributed by atoms with Crippen molar-refractivity contribution >= 4 is 0 Å². The van der Waals surface area contributed by atoms with E-state index in [1.165, 1.54) is 0 Å². The third-order valence-corrected chi connectivity index (χ3v) is 1.39. The number of hydrogen-bond donors (Lipinski definition) is 0. The van der Waals surface area contributed by atoms with Crippen molar-refractivity contribution < 1.29 is 4.74 Å². The van der Waals surface area contributed by atoms with Crippen molar-refractivity contribution in [3.63, 3.8) is 0 Å². The fourth-order valence-corrected chi connectivity index (χ4v) is 0.842. The number of hydrogen-bond acceptors (Lipinski definition) is 2. The third-order valence-electron chi connectivity index (χ3n) is 1.39. The number of nitrogens with zero attached hydrogens (tertiary/aromatic N) is 1. The standard InChI is InChI=1S/C9H9NO.C2H6/c1-11-7-9-4-2-8(6-10)3-5-9;1-2/h2-5H,7H2,1H3;1-2H3. The van der Waals surface area contributed by atoms with E-state index >= 15 is 0 Å². The first-order valence-electron chi connectivity index (χ1n) is 4.35. The van der Waals surface area contributed by atoms with Crippen molar-refractivity contribution in [2.24, 2.45) is 0 Å². The normalized spacial score (nSPS) is 8.15. The molecule has 0 aliphatic rings. The summed E-state index contributed by atoms with van der Waals surface area (Å²) in [4.78, 5) is 0. The molecule has 0 unspecified atom stereocenters.